The van der Waals surface area contributed by atoms with E-state index >= 15 is 0 Å². The minimum atomic E-state index is -0.0281. The van der Waals surface area contributed by atoms with E-state index in [1.54, 1.807) is 0 Å². The molecule has 1 amide bonds. The van der Waals surface area contributed by atoms with Crippen molar-refractivity contribution >= 4 is 5.91 Å². The van der Waals surface area contributed by atoms with Gasteiger partial charge < -0.3 is 9.64 Å². The topological polar surface area (TPSA) is 44.8 Å². The van der Waals surface area contributed by atoms with Gasteiger partial charge in [0.2, 0.25) is 5.91 Å². The monoisotopic (exact) mass is 227 g/mol. The Morgan fingerprint density at radius 1 is 1.31 bits per heavy atom. The Kier molecular flexibility index (Phi) is 3.78. The summed E-state index contributed by atoms with van der Waals surface area (Å²) >= 11 is 0. The molecule has 2 heterocycles. The predicted octanol–water partition coefficient (Wildman–Crippen LogP) is -0.515. The number of ether oxygens (including phenoxy) is 1. The summed E-state index contributed by atoms with van der Waals surface area (Å²) in [6.07, 6.45) is 0.170. The lowest BCUT2D eigenvalue weighted by Crippen LogP contribution is -2.44. The van der Waals surface area contributed by atoms with Gasteiger partial charge in [0.25, 0.3) is 0 Å². The van der Waals surface area contributed by atoms with Crippen molar-refractivity contribution in [3.05, 3.63) is 0 Å². The molecule has 0 bridgehead atoms. The van der Waals surface area contributed by atoms with Crippen LogP contribution in [0.25, 0.3) is 0 Å². The van der Waals surface area contributed by atoms with Crippen LogP contribution in [0, 0.1) is 0 Å². The van der Waals surface area contributed by atoms with Crippen molar-refractivity contribution in [3.8, 4) is 0 Å². The lowest BCUT2D eigenvalue weighted by molar-refractivity contribution is -0.129. The highest BCUT2D eigenvalue weighted by Gasteiger charge is 2.33. The van der Waals surface area contributed by atoms with Crippen LogP contribution in [-0.4, -0.2) is 67.3 Å². The van der Waals surface area contributed by atoms with Crippen molar-refractivity contribution in [1.82, 2.24) is 15.1 Å². The number of carbonyl (C=O) groups is 1. The predicted molar refractivity (Wildman–Crippen MR) is 61.0 cm³/mol. The van der Waals surface area contributed by atoms with Gasteiger partial charge in [0.05, 0.1) is 25.4 Å². The summed E-state index contributed by atoms with van der Waals surface area (Å²) in [6.45, 7) is 9.34. The zero-order chi connectivity index (χ0) is 11.5. The fourth-order valence-electron chi connectivity index (χ4n) is 2.34. The molecule has 2 atom stereocenters. The summed E-state index contributed by atoms with van der Waals surface area (Å²) in [4.78, 5) is 16.1. The van der Waals surface area contributed by atoms with E-state index in [-0.39, 0.29) is 18.1 Å². The Labute approximate surface area is 96.7 Å². The largest absolute Gasteiger partial charge is 0.379 e. The van der Waals surface area contributed by atoms with Gasteiger partial charge in [0.1, 0.15) is 0 Å². The van der Waals surface area contributed by atoms with Crippen molar-refractivity contribution in [1.29, 1.82) is 0 Å². The van der Waals surface area contributed by atoms with Gasteiger partial charge in [0, 0.05) is 26.2 Å². The van der Waals surface area contributed by atoms with Crippen LogP contribution in [0.2, 0.25) is 0 Å². The first-order valence-corrected chi connectivity index (χ1v) is 6.05. The molecule has 0 aromatic rings. The fourth-order valence-corrected chi connectivity index (χ4v) is 2.34. The Morgan fingerprint density at radius 3 is 2.56 bits per heavy atom. The quantitative estimate of drug-likeness (QED) is 0.705. The highest BCUT2D eigenvalue weighted by atomic mass is 16.5. The molecule has 0 radical (unpaired) electrons. The molecule has 2 rings (SSSR count). The number of morpholine rings is 1. The van der Waals surface area contributed by atoms with Gasteiger partial charge in [-0.3, -0.25) is 15.0 Å². The van der Waals surface area contributed by atoms with Gasteiger partial charge in [-0.25, -0.2) is 0 Å². The van der Waals surface area contributed by atoms with E-state index in [0.717, 1.165) is 39.4 Å². The number of hydrogen-bond acceptors (Lipinski definition) is 4. The molecule has 92 valence electrons. The minimum Gasteiger partial charge on any atom is -0.379 e. The molecule has 0 spiro atoms. The molecule has 0 saturated carbocycles. The van der Waals surface area contributed by atoms with Gasteiger partial charge in [-0.05, 0) is 13.8 Å². The zero-order valence-electron chi connectivity index (χ0n) is 10.1. The average molecular weight is 227 g/mol. The molecule has 2 saturated heterocycles. The third-order valence-electron chi connectivity index (χ3n) is 3.37. The van der Waals surface area contributed by atoms with Crippen molar-refractivity contribution in [3.63, 3.8) is 0 Å². The standard InChI is InChI=1S/C11H21N3O2/c1-9-11(15)14(10(2)12-9)4-3-13-5-7-16-8-6-13/h9-10,12H,3-8H2,1-2H3. The second-order valence-electron chi connectivity index (χ2n) is 4.55. The lowest BCUT2D eigenvalue weighted by Gasteiger charge is -2.29. The number of nitrogens with zero attached hydrogens (tertiary/aromatic N) is 2. The van der Waals surface area contributed by atoms with E-state index in [1.807, 2.05) is 18.7 Å². The second kappa shape index (κ2) is 5.12. The third kappa shape index (κ3) is 2.53. The van der Waals surface area contributed by atoms with Crippen molar-refractivity contribution < 1.29 is 9.53 Å². The molecule has 2 unspecified atom stereocenters. The van der Waals surface area contributed by atoms with E-state index in [2.05, 4.69) is 10.2 Å². The SMILES string of the molecule is CC1NC(C)N(CCN2CCOCC2)C1=O. The van der Waals surface area contributed by atoms with Gasteiger partial charge >= 0.3 is 0 Å². The summed E-state index contributed by atoms with van der Waals surface area (Å²) in [5, 5.41) is 3.24. The van der Waals surface area contributed by atoms with Crippen LogP contribution in [0.15, 0.2) is 0 Å². The Hall–Kier alpha value is -0.650. The Bertz CT molecular complexity index is 254. The summed E-state index contributed by atoms with van der Waals surface area (Å²) in [6, 6.07) is -0.0281. The lowest BCUT2D eigenvalue weighted by atomic mass is 10.3. The first-order valence-electron chi connectivity index (χ1n) is 6.05. The Morgan fingerprint density at radius 2 is 2.00 bits per heavy atom. The van der Waals surface area contributed by atoms with Crippen LogP contribution in [0.4, 0.5) is 0 Å². The molecule has 1 N–H and O–H groups in total. The molecule has 2 aliphatic rings. The highest BCUT2D eigenvalue weighted by molar-refractivity contribution is 5.83. The van der Waals surface area contributed by atoms with Crippen LogP contribution >= 0.6 is 0 Å². The van der Waals surface area contributed by atoms with E-state index in [1.165, 1.54) is 0 Å². The number of carbonyl (C=O) groups excluding carboxylic acids is 1. The Balaban J connectivity index is 1.78. The highest BCUT2D eigenvalue weighted by Crippen LogP contribution is 2.10. The maximum atomic E-state index is 11.8. The normalized spacial score (nSPS) is 32.4. The van der Waals surface area contributed by atoms with Crippen LogP contribution in [-0.2, 0) is 9.53 Å². The van der Waals surface area contributed by atoms with Gasteiger partial charge in [-0.1, -0.05) is 0 Å². The summed E-state index contributed by atoms with van der Waals surface area (Å²) in [5.41, 5.74) is 0. The van der Waals surface area contributed by atoms with E-state index in [9.17, 15) is 4.79 Å². The van der Waals surface area contributed by atoms with Crippen molar-refractivity contribution in [2.45, 2.75) is 26.1 Å². The second-order valence-corrected chi connectivity index (χ2v) is 4.55. The average Bonchev–Trinajstić information content (AvgIpc) is 2.53. The van der Waals surface area contributed by atoms with E-state index < -0.39 is 0 Å². The molecule has 5 nitrogen and oxygen atoms in total. The van der Waals surface area contributed by atoms with Gasteiger partial charge in [-0.15, -0.1) is 0 Å². The van der Waals surface area contributed by atoms with E-state index in [4.69, 9.17) is 4.74 Å². The molecule has 0 aliphatic carbocycles. The molecule has 16 heavy (non-hydrogen) atoms. The molecule has 5 heteroatoms. The van der Waals surface area contributed by atoms with Crippen LogP contribution in [0.1, 0.15) is 13.8 Å². The maximum Gasteiger partial charge on any atom is 0.240 e. The van der Waals surface area contributed by atoms with Crippen LogP contribution in [0.3, 0.4) is 0 Å². The zero-order valence-corrected chi connectivity index (χ0v) is 10.1. The first kappa shape index (κ1) is 11.8. The molecule has 2 fully saturated rings. The van der Waals surface area contributed by atoms with Crippen LogP contribution in [0.5, 0.6) is 0 Å². The number of hydrogen-bond donors (Lipinski definition) is 1. The van der Waals surface area contributed by atoms with Crippen molar-refractivity contribution in [2.75, 3.05) is 39.4 Å². The van der Waals surface area contributed by atoms with E-state index in [0.29, 0.717) is 0 Å². The molecular weight excluding hydrogens is 206 g/mol. The number of rotatable bonds is 3. The number of nitrogens with one attached hydrogen (secondary N) is 1. The van der Waals surface area contributed by atoms with Crippen LogP contribution < -0.4 is 5.32 Å². The maximum absolute atomic E-state index is 11.8. The summed E-state index contributed by atoms with van der Waals surface area (Å²) < 4.78 is 5.30. The van der Waals surface area contributed by atoms with Crippen molar-refractivity contribution in [2.24, 2.45) is 0 Å². The molecule has 0 aromatic heterocycles. The third-order valence-corrected chi connectivity index (χ3v) is 3.37. The van der Waals surface area contributed by atoms with Gasteiger partial charge in [-0.2, -0.15) is 0 Å². The smallest absolute Gasteiger partial charge is 0.240 e. The molecular formula is C11H21N3O2. The first-order chi connectivity index (χ1) is 7.68. The fraction of sp³-hybridized carbons (Fsp3) is 0.909. The van der Waals surface area contributed by atoms with Gasteiger partial charge in [0.15, 0.2) is 0 Å². The minimum absolute atomic E-state index is 0.0281. The number of amides is 1. The summed E-state index contributed by atoms with van der Waals surface area (Å²) in [5.74, 6) is 0.223. The molecule has 2 aliphatic heterocycles. The summed E-state index contributed by atoms with van der Waals surface area (Å²) in [7, 11) is 0. The molecule has 0 aromatic carbocycles.